The molecule has 0 N–H and O–H groups in total. The number of allylic oxidation sites excluding steroid dienone is 1. The second kappa shape index (κ2) is 11.0. The van der Waals surface area contributed by atoms with Crippen molar-refractivity contribution in [1.29, 1.82) is 0 Å². The van der Waals surface area contributed by atoms with E-state index in [1.54, 1.807) is 75.4 Å². The Labute approximate surface area is 277 Å². The Hall–Kier alpha value is -4.52. The Bertz CT molecular complexity index is 2220. The van der Waals surface area contributed by atoms with E-state index in [-0.39, 0.29) is 22.3 Å². The van der Waals surface area contributed by atoms with E-state index < -0.39 is 39.0 Å². The van der Waals surface area contributed by atoms with Gasteiger partial charge in [0, 0.05) is 47.4 Å². The van der Waals surface area contributed by atoms with Gasteiger partial charge >= 0.3 is 11.8 Å². The molecule has 7 rings (SSSR count). The first-order valence-electron chi connectivity index (χ1n) is 16.0. The summed E-state index contributed by atoms with van der Waals surface area (Å²) in [6.45, 7) is 12.6. The molecule has 1 unspecified atom stereocenters. The van der Waals surface area contributed by atoms with Crippen LogP contribution in [0.25, 0.3) is 23.3 Å². The topological polar surface area (TPSA) is 104 Å². The highest BCUT2D eigenvalue weighted by molar-refractivity contribution is 7.94. The van der Waals surface area contributed by atoms with Crippen LogP contribution in [0, 0.1) is 25.5 Å². The summed E-state index contributed by atoms with van der Waals surface area (Å²) in [4.78, 5) is 29.6. The van der Waals surface area contributed by atoms with Gasteiger partial charge in [-0.3, -0.25) is 9.13 Å². The smallest absolute Gasteiger partial charge is 0.410 e. The lowest BCUT2D eigenvalue weighted by Gasteiger charge is -2.34. The molecule has 2 aromatic heterocycles. The van der Waals surface area contributed by atoms with Gasteiger partial charge in [0.05, 0.1) is 37.7 Å². The van der Waals surface area contributed by atoms with Crippen molar-refractivity contribution in [3.05, 3.63) is 92.4 Å². The SMILES string of the molecule is CC1=Cc2c(ccc(-n3ccn(-c4c5c(nn4-c4cc(C)c(F)c(C)c4)CCN(C(=O)OC(C)(C)C)[C@H]5C)c3=O)c2F)S(=O)(C2CC2)=N1. The van der Waals surface area contributed by atoms with Crippen molar-refractivity contribution in [3.8, 4) is 17.2 Å². The number of ether oxygens (including phenoxy) is 1. The summed E-state index contributed by atoms with van der Waals surface area (Å²) in [5.74, 6) is -0.653. The number of carbonyl (C=O) groups is 1. The molecule has 1 amide bonds. The van der Waals surface area contributed by atoms with Crippen molar-refractivity contribution in [2.45, 2.75) is 89.5 Å². The maximum absolute atomic E-state index is 16.4. The van der Waals surface area contributed by atoms with Gasteiger partial charge in [-0.2, -0.15) is 9.46 Å². The summed E-state index contributed by atoms with van der Waals surface area (Å²) < 4.78 is 59.3. The third-order valence-corrected chi connectivity index (χ3v) is 12.0. The Morgan fingerprint density at radius 1 is 1.02 bits per heavy atom. The van der Waals surface area contributed by atoms with Crippen molar-refractivity contribution >= 4 is 21.9 Å². The highest BCUT2D eigenvalue weighted by Crippen LogP contribution is 2.42. The van der Waals surface area contributed by atoms with Gasteiger partial charge in [0.2, 0.25) is 0 Å². The number of hydrogen-bond donors (Lipinski definition) is 0. The van der Waals surface area contributed by atoms with E-state index in [4.69, 9.17) is 9.84 Å². The van der Waals surface area contributed by atoms with Crippen molar-refractivity contribution in [2.24, 2.45) is 4.36 Å². The molecule has 1 fully saturated rings. The minimum absolute atomic E-state index is 0.00201. The summed E-state index contributed by atoms with van der Waals surface area (Å²) in [7, 11) is -2.81. The van der Waals surface area contributed by atoms with E-state index in [0.29, 0.717) is 57.4 Å². The van der Waals surface area contributed by atoms with Crippen LogP contribution in [0.3, 0.4) is 0 Å². The van der Waals surface area contributed by atoms with Crippen LogP contribution in [0.15, 0.2) is 56.4 Å². The quantitative estimate of drug-likeness (QED) is 0.233. The molecule has 2 atom stereocenters. The molecule has 2 aliphatic heterocycles. The fourth-order valence-electron chi connectivity index (χ4n) is 6.68. The van der Waals surface area contributed by atoms with Crippen LogP contribution in [-0.2, 0) is 20.9 Å². The van der Waals surface area contributed by atoms with Gasteiger partial charge in [0.25, 0.3) is 0 Å². The summed E-state index contributed by atoms with van der Waals surface area (Å²) in [6, 6.07) is 5.85. The zero-order chi connectivity index (χ0) is 34.4. The summed E-state index contributed by atoms with van der Waals surface area (Å²) >= 11 is 0. The number of rotatable bonds is 4. The molecule has 0 saturated heterocycles. The minimum atomic E-state index is -2.81. The van der Waals surface area contributed by atoms with Crippen molar-refractivity contribution < 1.29 is 22.5 Å². The monoisotopic (exact) mass is 676 g/mol. The predicted molar refractivity (Wildman–Crippen MR) is 178 cm³/mol. The Morgan fingerprint density at radius 2 is 1.69 bits per heavy atom. The third kappa shape index (κ3) is 5.10. The normalized spacial score (nSPS) is 20.6. The zero-order valence-corrected chi connectivity index (χ0v) is 28.8. The molecule has 4 aromatic rings. The minimum Gasteiger partial charge on any atom is -0.444 e. The van der Waals surface area contributed by atoms with E-state index in [0.717, 1.165) is 12.8 Å². The molecule has 2 aromatic carbocycles. The van der Waals surface area contributed by atoms with Crippen molar-refractivity contribution in [1.82, 2.24) is 23.8 Å². The fourth-order valence-corrected chi connectivity index (χ4v) is 9.27. The number of amides is 1. The van der Waals surface area contributed by atoms with Gasteiger partial charge in [0.1, 0.15) is 17.2 Å². The number of halogens is 2. The molecule has 1 aliphatic carbocycles. The van der Waals surface area contributed by atoms with E-state index in [9.17, 15) is 18.2 Å². The third-order valence-electron chi connectivity index (χ3n) is 9.05. The van der Waals surface area contributed by atoms with Crippen LogP contribution < -0.4 is 5.69 Å². The second-order valence-corrected chi connectivity index (χ2v) is 16.3. The van der Waals surface area contributed by atoms with Gasteiger partial charge in [-0.25, -0.2) is 27.3 Å². The van der Waals surface area contributed by atoms with Crippen LogP contribution in [0.4, 0.5) is 13.6 Å². The molecule has 1 saturated carbocycles. The van der Waals surface area contributed by atoms with E-state index in [1.165, 1.54) is 27.6 Å². The molecular weight excluding hydrogens is 638 g/mol. The lowest BCUT2D eigenvalue weighted by atomic mass is 10.00. The fraction of sp³-hybridized carbons (Fsp3) is 0.400. The first-order valence-corrected chi connectivity index (χ1v) is 17.6. The van der Waals surface area contributed by atoms with Gasteiger partial charge in [-0.15, -0.1) is 0 Å². The number of aromatic nitrogens is 4. The average Bonchev–Trinajstić information content (AvgIpc) is 3.70. The molecule has 3 aliphatic rings. The molecule has 0 radical (unpaired) electrons. The molecule has 252 valence electrons. The van der Waals surface area contributed by atoms with Gasteiger partial charge in [-0.05, 0) is 103 Å². The maximum atomic E-state index is 16.4. The lowest BCUT2D eigenvalue weighted by molar-refractivity contribution is 0.0159. The van der Waals surface area contributed by atoms with Gasteiger partial charge in [-0.1, -0.05) is 0 Å². The van der Waals surface area contributed by atoms with E-state index in [2.05, 4.69) is 4.36 Å². The Morgan fingerprint density at radius 3 is 2.33 bits per heavy atom. The molecule has 48 heavy (non-hydrogen) atoms. The lowest BCUT2D eigenvalue weighted by Crippen LogP contribution is -2.42. The van der Waals surface area contributed by atoms with E-state index in [1.807, 2.05) is 6.92 Å². The summed E-state index contributed by atoms with van der Waals surface area (Å²) in [6.07, 6.45) is 6.01. The Balaban J connectivity index is 1.40. The molecule has 4 heterocycles. The van der Waals surface area contributed by atoms with Crippen LogP contribution in [0.2, 0.25) is 0 Å². The number of carbonyl (C=O) groups excluding carboxylic acids is 1. The van der Waals surface area contributed by atoms with Crippen LogP contribution in [0.5, 0.6) is 0 Å². The molecule has 13 heteroatoms. The maximum Gasteiger partial charge on any atom is 0.410 e. The highest BCUT2D eigenvalue weighted by atomic mass is 32.2. The molecule has 10 nitrogen and oxygen atoms in total. The van der Waals surface area contributed by atoms with Gasteiger partial charge in [0.15, 0.2) is 5.82 Å². The largest absolute Gasteiger partial charge is 0.444 e. The first kappa shape index (κ1) is 32.0. The number of aryl methyl sites for hydroxylation is 2. The van der Waals surface area contributed by atoms with Crippen molar-refractivity contribution in [3.63, 3.8) is 0 Å². The predicted octanol–water partition coefficient (Wildman–Crippen LogP) is 6.93. The standard InChI is InChI=1S/C35H38F2N6O4S/c1-19-16-23(17-20(2)30(19)36)43-32(29-22(4)40(13-12-26(29)38-43)34(45)47-35(5,6)7)42-15-14-41(33(42)44)27-10-11-28-25(31(27)37)18-21(3)39-48(28,46)24-8-9-24/h10-11,14-18,22,24H,8-9,12-13H2,1-7H3/t22-,48?/m0/s1. The first-order chi connectivity index (χ1) is 22.6. The molecule has 0 spiro atoms. The highest BCUT2D eigenvalue weighted by Gasteiger charge is 2.40. The number of hydrogen-bond acceptors (Lipinski definition) is 6. The summed E-state index contributed by atoms with van der Waals surface area (Å²) in [5.41, 5.74) is 2.01. The zero-order valence-electron chi connectivity index (χ0n) is 28.0. The van der Waals surface area contributed by atoms with Crippen molar-refractivity contribution in [2.75, 3.05) is 6.54 Å². The summed E-state index contributed by atoms with van der Waals surface area (Å²) in [5, 5.41) is 4.79. The number of imidazole rings is 1. The number of benzene rings is 2. The van der Waals surface area contributed by atoms with Crippen LogP contribution in [-0.4, -0.2) is 51.5 Å². The molecule has 0 bridgehead atoms. The van der Waals surface area contributed by atoms with Gasteiger partial charge < -0.3 is 9.64 Å². The van der Waals surface area contributed by atoms with Crippen LogP contribution in [0.1, 0.15) is 81.4 Å². The number of nitrogens with zero attached hydrogens (tertiary/aromatic N) is 6. The second-order valence-electron chi connectivity index (χ2n) is 13.9. The van der Waals surface area contributed by atoms with Crippen LogP contribution >= 0.6 is 0 Å². The van der Waals surface area contributed by atoms with E-state index >= 15 is 4.39 Å². The number of fused-ring (bicyclic) bond motifs is 2. The molecular formula is C35H38F2N6O4S. The Kier molecular flexibility index (Phi) is 7.35. The average molecular weight is 677 g/mol.